The van der Waals surface area contributed by atoms with Gasteiger partial charge in [-0.1, -0.05) is 27.7 Å². The van der Waals surface area contributed by atoms with E-state index in [0.29, 0.717) is 29.4 Å². The van der Waals surface area contributed by atoms with Crippen LogP contribution in [0.2, 0.25) is 0 Å². The number of quaternary nitrogens is 1. The van der Waals surface area contributed by atoms with Crippen LogP contribution in [-0.2, 0) is 6.54 Å². The molecule has 10 heteroatoms. The highest BCUT2D eigenvalue weighted by Gasteiger charge is 2.32. The predicted molar refractivity (Wildman–Crippen MR) is 129 cm³/mol. The van der Waals surface area contributed by atoms with Gasteiger partial charge in [-0.15, -0.1) is 5.01 Å². The molecule has 186 valence electrons. The minimum Gasteiger partial charge on any atom is -0.608 e. The fraction of sp³-hybridized carbons (Fsp3) is 0.625. The highest BCUT2D eigenvalue weighted by molar-refractivity contribution is 5.96. The van der Waals surface area contributed by atoms with Gasteiger partial charge >= 0.3 is 0 Å². The molecular formula is C24H36N6O4. The molecule has 2 aliphatic rings. The predicted octanol–water partition coefficient (Wildman–Crippen LogP) is 1.45. The van der Waals surface area contributed by atoms with Gasteiger partial charge in [0.15, 0.2) is 5.56 Å². The van der Waals surface area contributed by atoms with E-state index in [1.165, 1.54) is 10.7 Å². The quantitative estimate of drug-likeness (QED) is 0.501. The van der Waals surface area contributed by atoms with Gasteiger partial charge in [-0.05, 0) is 44.4 Å². The number of nitrogens with one attached hydrogen (secondary N) is 2. The van der Waals surface area contributed by atoms with E-state index in [0.717, 1.165) is 32.2 Å². The van der Waals surface area contributed by atoms with E-state index in [1.807, 2.05) is 18.9 Å². The molecule has 0 bridgehead atoms. The van der Waals surface area contributed by atoms with Gasteiger partial charge in [0.05, 0.1) is 11.7 Å². The second-order valence-corrected chi connectivity index (χ2v) is 10.3. The highest BCUT2D eigenvalue weighted by atomic mass is 16.5. The van der Waals surface area contributed by atoms with Crippen LogP contribution in [0.1, 0.15) is 75.0 Å². The number of aromatic nitrogens is 3. The molecule has 4 rings (SSSR count). The Morgan fingerprint density at radius 2 is 2.00 bits per heavy atom. The Morgan fingerprint density at radius 3 is 2.62 bits per heavy atom. The summed E-state index contributed by atoms with van der Waals surface area (Å²) in [6.45, 7) is 11.1. The van der Waals surface area contributed by atoms with E-state index in [4.69, 9.17) is 0 Å². The van der Waals surface area contributed by atoms with Gasteiger partial charge < -0.3 is 15.6 Å². The Kier molecular flexibility index (Phi) is 6.84. The Morgan fingerprint density at radius 1 is 1.29 bits per heavy atom. The molecule has 1 aliphatic heterocycles. The van der Waals surface area contributed by atoms with Gasteiger partial charge in [0.2, 0.25) is 5.88 Å². The molecule has 2 aromatic heterocycles. The van der Waals surface area contributed by atoms with E-state index in [-0.39, 0.29) is 34.6 Å². The summed E-state index contributed by atoms with van der Waals surface area (Å²) in [6, 6.07) is 0.266. The van der Waals surface area contributed by atoms with Gasteiger partial charge in [-0.2, -0.15) is 9.61 Å². The molecule has 2 aromatic rings. The molecule has 1 saturated heterocycles. The second kappa shape index (κ2) is 9.52. The Hall–Kier alpha value is -2.69. The SMILES string of the molecule is Cc1nn2c(=O)c(C(=O)NC3CC3)c(O)n(CC(C)C)c2c1/C=C/[NH+]([O-])N1CCC[C@H]1C(C)C. The Balaban J connectivity index is 1.78. The van der Waals surface area contributed by atoms with Gasteiger partial charge in [-0.25, -0.2) is 0 Å². The zero-order valence-electron chi connectivity index (χ0n) is 20.7. The van der Waals surface area contributed by atoms with Crippen molar-refractivity contribution in [1.29, 1.82) is 0 Å². The van der Waals surface area contributed by atoms with Crippen LogP contribution >= 0.6 is 0 Å². The third-order valence-corrected chi connectivity index (χ3v) is 6.65. The topological polar surface area (TPSA) is 119 Å². The van der Waals surface area contributed by atoms with E-state index >= 15 is 0 Å². The molecule has 1 saturated carbocycles. The first kappa shape index (κ1) is 24.4. The lowest BCUT2D eigenvalue weighted by Crippen LogP contribution is -3.10. The number of amides is 1. The summed E-state index contributed by atoms with van der Waals surface area (Å²) in [4.78, 5) is 26.0. The van der Waals surface area contributed by atoms with E-state index < -0.39 is 11.5 Å². The summed E-state index contributed by atoms with van der Waals surface area (Å²) < 4.78 is 2.74. The van der Waals surface area contributed by atoms with Crippen molar-refractivity contribution < 1.29 is 15.1 Å². The standard InChI is InChI=1S/C24H36N6O4/c1-14(2)13-27-22-18(10-12-29(34)28-11-6-7-19(28)15(3)4)16(5)26-30(22)24(33)20(23(27)32)21(31)25-17-8-9-17/h10,12,14-15,17,19,29,32H,6-9,11,13H2,1-5H3,(H,25,31)/b12-10+/t19-/m0/s1. The summed E-state index contributed by atoms with van der Waals surface area (Å²) in [6.07, 6.45) is 6.93. The normalized spacial score (nSPS) is 20.3. The first-order valence-electron chi connectivity index (χ1n) is 12.2. The maximum atomic E-state index is 13.2. The molecule has 0 spiro atoms. The molecule has 2 fully saturated rings. The molecule has 1 aliphatic carbocycles. The van der Waals surface area contributed by atoms with E-state index in [2.05, 4.69) is 24.3 Å². The zero-order chi connectivity index (χ0) is 24.7. The molecule has 0 aromatic carbocycles. The van der Waals surface area contributed by atoms with E-state index in [1.54, 1.807) is 17.6 Å². The molecular weight excluding hydrogens is 436 g/mol. The summed E-state index contributed by atoms with van der Waals surface area (Å²) in [5.41, 5.74) is 0.531. The summed E-state index contributed by atoms with van der Waals surface area (Å²) in [5.74, 6) is -0.447. The van der Waals surface area contributed by atoms with Crippen molar-refractivity contribution in [3.05, 3.63) is 38.6 Å². The molecule has 3 N–H and O–H groups in total. The zero-order valence-corrected chi connectivity index (χ0v) is 20.7. The lowest BCUT2D eigenvalue weighted by atomic mass is 10.0. The van der Waals surface area contributed by atoms with Gasteiger partial charge in [0, 0.05) is 30.8 Å². The Labute approximate surface area is 199 Å². The molecule has 34 heavy (non-hydrogen) atoms. The third-order valence-electron chi connectivity index (χ3n) is 6.65. The number of aromatic hydroxyl groups is 1. The average Bonchev–Trinajstić information content (AvgIpc) is 3.31. The van der Waals surface area contributed by atoms with Crippen LogP contribution < -0.4 is 16.0 Å². The smallest absolute Gasteiger partial charge is 0.291 e. The van der Waals surface area contributed by atoms with Crippen LogP contribution in [0.4, 0.5) is 0 Å². The van der Waals surface area contributed by atoms with Gasteiger partial charge in [-0.3, -0.25) is 19.3 Å². The Bertz CT molecular complexity index is 1160. The van der Waals surface area contributed by atoms with Gasteiger partial charge in [0.1, 0.15) is 11.8 Å². The average molecular weight is 473 g/mol. The minimum atomic E-state index is -0.667. The fourth-order valence-corrected chi connectivity index (χ4v) is 4.79. The van der Waals surface area contributed by atoms with Crippen LogP contribution in [0.5, 0.6) is 5.88 Å². The van der Waals surface area contributed by atoms with E-state index in [9.17, 15) is 19.9 Å². The number of rotatable bonds is 8. The third kappa shape index (κ3) is 4.62. The molecule has 3 heterocycles. The van der Waals surface area contributed by atoms with Crippen molar-refractivity contribution in [3.8, 4) is 5.88 Å². The maximum absolute atomic E-state index is 13.2. The van der Waals surface area contributed by atoms with Crippen molar-refractivity contribution in [1.82, 2.24) is 24.5 Å². The number of fused-ring (bicyclic) bond motifs is 1. The molecule has 1 unspecified atom stereocenters. The minimum absolute atomic E-state index is 0.0460. The summed E-state index contributed by atoms with van der Waals surface area (Å²) >= 11 is 0. The number of carbonyl (C=O) groups excluding carboxylic acids is 1. The largest absolute Gasteiger partial charge is 0.608 e. The summed E-state index contributed by atoms with van der Waals surface area (Å²) in [5, 5.41) is 33.1. The lowest BCUT2D eigenvalue weighted by Gasteiger charge is -2.33. The molecule has 0 radical (unpaired) electrons. The van der Waals surface area contributed by atoms with Crippen LogP contribution in [0.3, 0.4) is 0 Å². The summed E-state index contributed by atoms with van der Waals surface area (Å²) in [7, 11) is 0. The van der Waals surface area contributed by atoms with Crippen LogP contribution in [0, 0.1) is 24.0 Å². The monoisotopic (exact) mass is 472 g/mol. The van der Waals surface area contributed by atoms with Crippen molar-refractivity contribution in [2.75, 3.05) is 6.54 Å². The fourth-order valence-electron chi connectivity index (χ4n) is 4.79. The lowest BCUT2D eigenvalue weighted by molar-refractivity contribution is -0.927. The van der Waals surface area contributed by atoms with Crippen molar-refractivity contribution in [3.63, 3.8) is 0 Å². The van der Waals surface area contributed by atoms with Gasteiger partial charge in [0.25, 0.3) is 11.5 Å². The number of hydroxylamine groups is 1. The highest BCUT2D eigenvalue weighted by Crippen LogP contribution is 2.26. The number of hydrogen-bond acceptors (Lipinski definition) is 6. The van der Waals surface area contributed by atoms with Crippen molar-refractivity contribution in [2.45, 2.75) is 78.9 Å². The second-order valence-electron chi connectivity index (χ2n) is 10.3. The van der Waals surface area contributed by atoms with Crippen LogP contribution in [-0.4, -0.2) is 48.8 Å². The maximum Gasteiger partial charge on any atom is 0.291 e. The molecule has 2 atom stereocenters. The first-order valence-corrected chi connectivity index (χ1v) is 12.2. The number of nitrogens with zero attached hydrogens (tertiary/aromatic N) is 4. The van der Waals surface area contributed by atoms with Crippen molar-refractivity contribution in [2.24, 2.45) is 11.8 Å². The van der Waals surface area contributed by atoms with Crippen LogP contribution in [0.25, 0.3) is 11.7 Å². The number of hydrogen-bond donors (Lipinski definition) is 3. The number of carbonyl (C=O) groups is 1. The van der Waals surface area contributed by atoms with Crippen molar-refractivity contribution >= 4 is 17.6 Å². The van der Waals surface area contributed by atoms with Crippen LogP contribution in [0.15, 0.2) is 11.0 Å². The molecule has 1 amide bonds. The number of aryl methyl sites for hydroxylation is 1. The molecule has 10 nitrogen and oxygen atoms in total. The first-order chi connectivity index (χ1) is 16.1.